The maximum absolute atomic E-state index is 6.70. The predicted octanol–water partition coefficient (Wildman–Crippen LogP) is 13.7. The molecule has 50 heavy (non-hydrogen) atoms. The zero-order chi connectivity index (χ0) is 32.8. The largest absolute Gasteiger partial charge is 0.456 e. The summed E-state index contributed by atoms with van der Waals surface area (Å²) in [5, 5.41) is 8.83. The lowest BCUT2D eigenvalue weighted by Crippen LogP contribution is -2.10. The van der Waals surface area contributed by atoms with Crippen molar-refractivity contribution < 1.29 is 13.3 Å². The van der Waals surface area contributed by atoms with Crippen LogP contribution in [0.1, 0.15) is 0 Å². The molecule has 11 aromatic rings. The lowest BCUT2D eigenvalue weighted by atomic mass is 10.0. The minimum Gasteiger partial charge on any atom is -0.456 e. The van der Waals surface area contributed by atoms with Crippen molar-refractivity contribution in [3.8, 4) is 11.1 Å². The van der Waals surface area contributed by atoms with E-state index in [1.165, 1.54) is 5.39 Å². The first-order chi connectivity index (χ1) is 24.8. The van der Waals surface area contributed by atoms with E-state index in [-0.39, 0.29) is 0 Å². The van der Waals surface area contributed by atoms with Crippen LogP contribution in [0, 0.1) is 0 Å². The molecule has 8 aromatic carbocycles. The summed E-state index contributed by atoms with van der Waals surface area (Å²) < 4.78 is 19.4. The molecule has 0 N–H and O–H groups in total. The molecule has 3 heterocycles. The van der Waals surface area contributed by atoms with Gasteiger partial charge in [0.2, 0.25) is 0 Å². The molecular weight excluding hydrogens is 615 g/mol. The van der Waals surface area contributed by atoms with Gasteiger partial charge in [-0.25, -0.2) is 0 Å². The molecule has 0 spiro atoms. The fraction of sp³-hybridized carbons (Fsp3) is 0. The Morgan fingerprint density at radius 1 is 0.340 bits per heavy atom. The highest BCUT2D eigenvalue weighted by molar-refractivity contribution is 6.19. The summed E-state index contributed by atoms with van der Waals surface area (Å²) in [5.74, 6) is 0. The van der Waals surface area contributed by atoms with E-state index in [9.17, 15) is 0 Å². The maximum Gasteiger partial charge on any atom is 0.143 e. The van der Waals surface area contributed by atoms with Crippen molar-refractivity contribution in [1.82, 2.24) is 0 Å². The van der Waals surface area contributed by atoms with Crippen LogP contribution in [0.15, 0.2) is 177 Å². The number of anilines is 3. The quantitative estimate of drug-likeness (QED) is 0.192. The standard InChI is InChI=1S/C46H27NO3/c1-2-11-31-28(10-1)24-27-34-33-15-7-14-32(45(33)50-46(31)34)29-22-25-30(26-23-29)47(37-16-8-20-41-43(37)35-12-3-5-18-39(35)48-41)38-17-9-21-42-44(38)36-13-4-6-19-40(36)49-42/h1-27H. The van der Waals surface area contributed by atoms with Crippen LogP contribution in [-0.2, 0) is 0 Å². The molecule has 0 unspecified atom stereocenters. The zero-order valence-electron chi connectivity index (χ0n) is 26.8. The highest BCUT2D eigenvalue weighted by Crippen LogP contribution is 2.47. The van der Waals surface area contributed by atoms with Gasteiger partial charge in [-0.1, -0.05) is 109 Å². The molecule has 0 fully saturated rings. The third kappa shape index (κ3) is 3.87. The van der Waals surface area contributed by atoms with E-state index in [4.69, 9.17) is 13.3 Å². The van der Waals surface area contributed by atoms with Crippen molar-refractivity contribution >= 4 is 93.7 Å². The van der Waals surface area contributed by atoms with Gasteiger partial charge in [0.25, 0.3) is 0 Å². The van der Waals surface area contributed by atoms with Gasteiger partial charge < -0.3 is 18.2 Å². The number of hydrogen-bond acceptors (Lipinski definition) is 4. The van der Waals surface area contributed by atoms with E-state index in [0.29, 0.717) is 0 Å². The SMILES string of the molecule is c1ccc2c(c1)ccc1c3cccc(-c4ccc(N(c5cccc6oc7ccccc7c56)c5cccc6oc7ccccc7c56)cc4)c3oc21. The van der Waals surface area contributed by atoms with Crippen LogP contribution in [0.3, 0.4) is 0 Å². The fourth-order valence-corrected chi connectivity index (χ4v) is 7.84. The summed E-state index contributed by atoms with van der Waals surface area (Å²) in [5.41, 5.74) is 10.5. The van der Waals surface area contributed by atoms with Crippen LogP contribution in [-0.4, -0.2) is 0 Å². The minimum absolute atomic E-state index is 0.846. The third-order valence-corrected chi connectivity index (χ3v) is 10.1. The van der Waals surface area contributed by atoms with Crippen molar-refractivity contribution in [2.75, 3.05) is 4.90 Å². The molecule has 4 heteroatoms. The van der Waals surface area contributed by atoms with Crippen LogP contribution in [0.4, 0.5) is 17.1 Å². The van der Waals surface area contributed by atoms with Gasteiger partial charge in [-0.05, 0) is 65.5 Å². The predicted molar refractivity (Wildman–Crippen MR) is 206 cm³/mol. The number of furan rings is 3. The summed E-state index contributed by atoms with van der Waals surface area (Å²) in [7, 11) is 0. The normalized spacial score (nSPS) is 12.0. The Hall–Kier alpha value is -6.78. The molecule has 0 saturated carbocycles. The molecule has 3 aromatic heterocycles. The van der Waals surface area contributed by atoms with E-state index >= 15 is 0 Å². The molecule has 4 nitrogen and oxygen atoms in total. The monoisotopic (exact) mass is 641 g/mol. The number of nitrogens with zero attached hydrogens (tertiary/aromatic N) is 1. The van der Waals surface area contributed by atoms with Crippen molar-refractivity contribution in [1.29, 1.82) is 0 Å². The van der Waals surface area contributed by atoms with E-state index in [1.54, 1.807) is 0 Å². The highest BCUT2D eigenvalue weighted by atomic mass is 16.3. The van der Waals surface area contributed by atoms with Gasteiger partial charge in [0.05, 0.1) is 22.1 Å². The first-order valence-electron chi connectivity index (χ1n) is 16.8. The van der Waals surface area contributed by atoms with Crippen LogP contribution in [0.25, 0.3) is 87.7 Å². The second-order valence-corrected chi connectivity index (χ2v) is 12.8. The average Bonchev–Trinajstić information content (AvgIpc) is 3.87. The number of benzene rings is 8. The highest BCUT2D eigenvalue weighted by Gasteiger charge is 2.23. The van der Waals surface area contributed by atoms with E-state index in [2.05, 4.69) is 132 Å². The lowest BCUT2D eigenvalue weighted by Gasteiger charge is -2.27. The van der Waals surface area contributed by atoms with Gasteiger partial charge in [-0.3, -0.25) is 0 Å². The molecule has 0 radical (unpaired) electrons. The number of para-hydroxylation sites is 3. The van der Waals surface area contributed by atoms with Crippen molar-refractivity contribution in [2.24, 2.45) is 0 Å². The maximum atomic E-state index is 6.70. The Morgan fingerprint density at radius 2 is 0.880 bits per heavy atom. The lowest BCUT2D eigenvalue weighted by molar-refractivity contribution is 0.668. The van der Waals surface area contributed by atoms with Crippen LogP contribution < -0.4 is 4.90 Å². The van der Waals surface area contributed by atoms with Crippen molar-refractivity contribution in [3.63, 3.8) is 0 Å². The molecule has 11 rings (SSSR count). The summed E-state index contributed by atoms with van der Waals surface area (Å²) in [6.45, 7) is 0. The second kappa shape index (κ2) is 10.4. The molecule has 0 aliphatic heterocycles. The van der Waals surface area contributed by atoms with Crippen LogP contribution in [0.2, 0.25) is 0 Å². The third-order valence-electron chi connectivity index (χ3n) is 10.1. The first kappa shape index (κ1) is 27.2. The number of hydrogen-bond donors (Lipinski definition) is 0. The molecule has 0 amide bonds. The molecular formula is C46H27NO3. The summed E-state index contributed by atoms with van der Waals surface area (Å²) in [4.78, 5) is 2.34. The molecule has 0 atom stereocenters. The summed E-state index contributed by atoms with van der Waals surface area (Å²) >= 11 is 0. The van der Waals surface area contributed by atoms with Gasteiger partial charge in [0.1, 0.15) is 33.5 Å². The fourth-order valence-electron chi connectivity index (χ4n) is 7.84. The molecule has 0 aliphatic rings. The number of fused-ring (bicyclic) bond motifs is 11. The van der Waals surface area contributed by atoms with Crippen LogP contribution >= 0.6 is 0 Å². The molecule has 0 bridgehead atoms. The van der Waals surface area contributed by atoms with Gasteiger partial charge in [-0.2, -0.15) is 0 Å². The minimum atomic E-state index is 0.846. The Bertz CT molecular complexity index is 2990. The summed E-state index contributed by atoms with van der Waals surface area (Å²) in [6.07, 6.45) is 0. The molecule has 234 valence electrons. The van der Waals surface area contributed by atoms with E-state index < -0.39 is 0 Å². The zero-order valence-corrected chi connectivity index (χ0v) is 26.8. The average molecular weight is 642 g/mol. The Kier molecular flexibility index (Phi) is 5.63. The Balaban J connectivity index is 1.14. The second-order valence-electron chi connectivity index (χ2n) is 12.8. The number of rotatable bonds is 4. The van der Waals surface area contributed by atoms with Gasteiger partial charge in [0.15, 0.2) is 0 Å². The molecule has 0 saturated heterocycles. The smallest absolute Gasteiger partial charge is 0.143 e. The van der Waals surface area contributed by atoms with Gasteiger partial charge in [0, 0.05) is 38.2 Å². The van der Waals surface area contributed by atoms with Crippen molar-refractivity contribution in [2.45, 2.75) is 0 Å². The van der Waals surface area contributed by atoms with Gasteiger partial charge in [-0.15, -0.1) is 0 Å². The first-order valence-corrected chi connectivity index (χ1v) is 16.8. The van der Waals surface area contributed by atoms with Crippen molar-refractivity contribution in [3.05, 3.63) is 164 Å². The topological polar surface area (TPSA) is 42.7 Å². The molecule has 0 aliphatic carbocycles. The van der Waals surface area contributed by atoms with E-state index in [0.717, 1.165) is 99.4 Å². The summed E-state index contributed by atoms with van der Waals surface area (Å²) in [6, 6.07) is 57.1. The Morgan fingerprint density at radius 3 is 1.56 bits per heavy atom. The Labute approximate surface area is 286 Å². The van der Waals surface area contributed by atoms with E-state index in [1.807, 2.05) is 36.4 Å². The van der Waals surface area contributed by atoms with Gasteiger partial charge >= 0.3 is 0 Å². The van der Waals surface area contributed by atoms with Crippen LogP contribution in [0.5, 0.6) is 0 Å².